The molecule has 4 nitrogen and oxygen atoms in total. The van der Waals surface area contributed by atoms with E-state index in [0.717, 1.165) is 24.3 Å². The highest BCUT2D eigenvalue weighted by Crippen LogP contribution is 2.13. The van der Waals surface area contributed by atoms with Crippen LogP contribution < -0.4 is 4.74 Å². The molecule has 0 aliphatic carbocycles. The minimum Gasteiger partial charge on any atom is -0.493 e. The number of aryl methyl sites for hydroxylation is 1. The van der Waals surface area contributed by atoms with E-state index in [9.17, 15) is 4.79 Å². The zero-order chi connectivity index (χ0) is 15.1. The lowest BCUT2D eigenvalue weighted by Crippen LogP contribution is -2.04. The van der Waals surface area contributed by atoms with Crippen molar-refractivity contribution in [3.63, 3.8) is 0 Å². The molecule has 0 radical (unpaired) electrons. The van der Waals surface area contributed by atoms with E-state index in [4.69, 9.17) is 4.74 Å². The molecule has 0 saturated heterocycles. The number of hydrogen-bond acceptors (Lipinski definition) is 4. The molecule has 2 aromatic rings. The number of benzene rings is 1. The number of rotatable bonds is 6. The monoisotopic (exact) mass is 285 g/mol. The fourth-order valence-corrected chi connectivity index (χ4v) is 1.89. The minimum absolute atomic E-state index is 0.346. The van der Waals surface area contributed by atoms with Gasteiger partial charge in [0.05, 0.1) is 19.3 Å². The molecule has 4 heteroatoms. The van der Waals surface area contributed by atoms with Crippen LogP contribution >= 0.6 is 0 Å². The molecule has 0 saturated carbocycles. The van der Waals surface area contributed by atoms with Gasteiger partial charge in [0, 0.05) is 18.3 Å². The molecule has 1 aromatic carbocycles. The minimum atomic E-state index is -0.346. The second kappa shape index (κ2) is 7.43. The van der Waals surface area contributed by atoms with E-state index in [2.05, 4.69) is 22.7 Å². The summed E-state index contributed by atoms with van der Waals surface area (Å²) in [5.41, 5.74) is 2.76. The summed E-state index contributed by atoms with van der Waals surface area (Å²) in [6, 6.07) is 11.0. The van der Waals surface area contributed by atoms with Gasteiger partial charge in [-0.05, 0) is 42.3 Å². The number of aromatic nitrogens is 1. The van der Waals surface area contributed by atoms with Gasteiger partial charge in [0.1, 0.15) is 5.75 Å². The van der Waals surface area contributed by atoms with E-state index >= 15 is 0 Å². The molecule has 1 heterocycles. The normalized spacial score (nSPS) is 10.2. The van der Waals surface area contributed by atoms with Crippen LogP contribution in [0.2, 0.25) is 0 Å². The Labute approximate surface area is 124 Å². The molecule has 0 fully saturated rings. The molecular weight excluding hydrogens is 266 g/mol. The van der Waals surface area contributed by atoms with Crippen molar-refractivity contribution in [1.82, 2.24) is 4.98 Å². The Kier molecular flexibility index (Phi) is 5.32. The third-order valence-electron chi connectivity index (χ3n) is 3.20. The maximum Gasteiger partial charge on any atom is 0.337 e. The molecule has 0 aliphatic heterocycles. The number of nitrogens with zero attached hydrogens (tertiary/aromatic N) is 1. The summed E-state index contributed by atoms with van der Waals surface area (Å²) < 4.78 is 10.3. The van der Waals surface area contributed by atoms with Crippen molar-refractivity contribution in [3.8, 4) is 5.75 Å². The van der Waals surface area contributed by atoms with Gasteiger partial charge in [0.25, 0.3) is 0 Å². The predicted octanol–water partition coefficient (Wildman–Crippen LogP) is 3.05. The Morgan fingerprint density at radius 2 is 1.90 bits per heavy atom. The highest BCUT2D eigenvalue weighted by atomic mass is 16.5. The molecule has 110 valence electrons. The van der Waals surface area contributed by atoms with Crippen LogP contribution in [0, 0.1) is 0 Å². The van der Waals surface area contributed by atoms with Crippen LogP contribution in [0.15, 0.2) is 42.6 Å². The largest absolute Gasteiger partial charge is 0.493 e. The zero-order valence-electron chi connectivity index (χ0n) is 12.3. The molecule has 21 heavy (non-hydrogen) atoms. The first kappa shape index (κ1) is 15.0. The van der Waals surface area contributed by atoms with Crippen molar-refractivity contribution in [2.45, 2.75) is 19.8 Å². The predicted molar refractivity (Wildman–Crippen MR) is 80.6 cm³/mol. The standard InChI is InChI=1S/C17H19NO3/c1-3-13-4-7-15(18-12-13)10-11-21-16-8-5-14(6-9-16)17(19)20-2/h4-9,12H,3,10-11H2,1-2H3. The number of carbonyl (C=O) groups excluding carboxylic acids is 1. The third-order valence-corrected chi connectivity index (χ3v) is 3.20. The number of carbonyl (C=O) groups is 1. The fraction of sp³-hybridized carbons (Fsp3) is 0.294. The van der Waals surface area contributed by atoms with Crippen LogP contribution in [-0.2, 0) is 17.6 Å². The van der Waals surface area contributed by atoms with Crippen LogP contribution in [-0.4, -0.2) is 24.7 Å². The van der Waals surface area contributed by atoms with Crippen molar-refractivity contribution in [1.29, 1.82) is 0 Å². The van der Waals surface area contributed by atoms with E-state index in [0.29, 0.717) is 12.2 Å². The summed E-state index contributed by atoms with van der Waals surface area (Å²) in [6.45, 7) is 2.66. The number of pyridine rings is 1. The molecule has 0 unspecified atom stereocenters. The molecule has 2 rings (SSSR count). The topological polar surface area (TPSA) is 48.4 Å². The van der Waals surface area contributed by atoms with E-state index in [1.54, 1.807) is 24.3 Å². The quantitative estimate of drug-likeness (QED) is 0.765. The lowest BCUT2D eigenvalue weighted by Gasteiger charge is -2.07. The summed E-state index contributed by atoms with van der Waals surface area (Å²) in [5.74, 6) is 0.384. The summed E-state index contributed by atoms with van der Waals surface area (Å²) in [4.78, 5) is 15.7. The van der Waals surface area contributed by atoms with Gasteiger partial charge in [0.15, 0.2) is 0 Å². The maximum absolute atomic E-state index is 11.3. The van der Waals surface area contributed by atoms with E-state index in [1.807, 2.05) is 12.3 Å². The second-order valence-electron chi connectivity index (χ2n) is 4.63. The summed E-state index contributed by atoms with van der Waals surface area (Å²) in [7, 11) is 1.36. The Morgan fingerprint density at radius 3 is 2.48 bits per heavy atom. The first-order valence-electron chi connectivity index (χ1n) is 6.98. The average molecular weight is 285 g/mol. The first-order valence-corrected chi connectivity index (χ1v) is 6.98. The second-order valence-corrected chi connectivity index (χ2v) is 4.63. The summed E-state index contributed by atoms with van der Waals surface area (Å²) in [6.07, 6.45) is 3.65. The Morgan fingerprint density at radius 1 is 1.14 bits per heavy atom. The van der Waals surface area contributed by atoms with Crippen molar-refractivity contribution in [3.05, 3.63) is 59.4 Å². The Balaban J connectivity index is 1.83. The molecular formula is C17H19NO3. The fourth-order valence-electron chi connectivity index (χ4n) is 1.89. The van der Waals surface area contributed by atoms with Gasteiger partial charge in [-0.3, -0.25) is 4.98 Å². The number of hydrogen-bond donors (Lipinski definition) is 0. The van der Waals surface area contributed by atoms with Gasteiger partial charge in [-0.1, -0.05) is 13.0 Å². The molecule has 1 aromatic heterocycles. The number of methoxy groups -OCH3 is 1. The molecule has 0 amide bonds. The van der Waals surface area contributed by atoms with Crippen molar-refractivity contribution >= 4 is 5.97 Å². The Bertz CT molecular complexity index is 576. The zero-order valence-corrected chi connectivity index (χ0v) is 12.3. The molecule has 0 bridgehead atoms. The summed E-state index contributed by atoms with van der Waals surface area (Å²) in [5, 5.41) is 0. The number of ether oxygens (including phenoxy) is 2. The van der Waals surface area contributed by atoms with Crippen LogP contribution in [0.4, 0.5) is 0 Å². The van der Waals surface area contributed by atoms with Crippen LogP contribution in [0.25, 0.3) is 0 Å². The van der Waals surface area contributed by atoms with Gasteiger partial charge in [-0.25, -0.2) is 4.79 Å². The third kappa shape index (κ3) is 4.31. The molecule has 0 N–H and O–H groups in total. The molecule has 0 aliphatic rings. The van der Waals surface area contributed by atoms with Gasteiger partial charge in [0.2, 0.25) is 0 Å². The van der Waals surface area contributed by atoms with Gasteiger partial charge >= 0.3 is 5.97 Å². The van der Waals surface area contributed by atoms with E-state index < -0.39 is 0 Å². The van der Waals surface area contributed by atoms with E-state index in [-0.39, 0.29) is 5.97 Å². The van der Waals surface area contributed by atoms with Crippen LogP contribution in [0.1, 0.15) is 28.5 Å². The smallest absolute Gasteiger partial charge is 0.337 e. The van der Waals surface area contributed by atoms with Crippen molar-refractivity contribution < 1.29 is 14.3 Å². The lowest BCUT2D eigenvalue weighted by molar-refractivity contribution is 0.0600. The molecule has 0 atom stereocenters. The van der Waals surface area contributed by atoms with Gasteiger partial charge in [-0.2, -0.15) is 0 Å². The maximum atomic E-state index is 11.3. The van der Waals surface area contributed by atoms with Crippen LogP contribution in [0.3, 0.4) is 0 Å². The highest BCUT2D eigenvalue weighted by molar-refractivity contribution is 5.89. The highest BCUT2D eigenvalue weighted by Gasteiger charge is 2.04. The van der Waals surface area contributed by atoms with Crippen LogP contribution in [0.5, 0.6) is 5.75 Å². The SMILES string of the molecule is CCc1ccc(CCOc2ccc(C(=O)OC)cc2)nc1. The summed E-state index contributed by atoms with van der Waals surface area (Å²) >= 11 is 0. The van der Waals surface area contributed by atoms with Gasteiger partial charge < -0.3 is 9.47 Å². The molecule has 0 spiro atoms. The van der Waals surface area contributed by atoms with Gasteiger partial charge in [-0.15, -0.1) is 0 Å². The first-order chi connectivity index (χ1) is 10.2. The lowest BCUT2D eigenvalue weighted by atomic mass is 10.2. The number of esters is 1. The van der Waals surface area contributed by atoms with Crippen molar-refractivity contribution in [2.24, 2.45) is 0 Å². The van der Waals surface area contributed by atoms with E-state index in [1.165, 1.54) is 12.7 Å². The average Bonchev–Trinajstić information content (AvgIpc) is 2.55. The van der Waals surface area contributed by atoms with Crippen molar-refractivity contribution in [2.75, 3.05) is 13.7 Å². The Hall–Kier alpha value is -2.36.